The number of aromatic nitrogens is 4. The van der Waals surface area contributed by atoms with Crippen molar-refractivity contribution in [3.05, 3.63) is 130 Å². The van der Waals surface area contributed by atoms with Gasteiger partial charge >= 0.3 is 0 Å². The summed E-state index contributed by atoms with van der Waals surface area (Å²) in [4.78, 5) is 18.4. The molecule has 7 unspecified atom stereocenters. The van der Waals surface area contributed by atoms with E-state index in [9.17, 15) is 10.2 Å². The minimum atomic E-state index is -1.01. The molecular weight excluding hydrogens is 657 g/mol. The van der Waals surface area contributed by atoms with Crippen molar-refractivity contribution in [1.82, 2.24) is 29.3 Å². The molecule has 8 nitrogen and oxygen atoms in total. The second kappa shape index (κ2) is 12.6. The van der Waals surface area contributed by atoms with Crippen molar-refractivity contribution in [2.75, 3.05) is 26.2 Å². The second-order valence-electron chi connectivity index (χ2n) is 16.8. The molecule has 6 aromatic rings. The van der Waals surface area contributed by atoms with Crippen LogP contribution < -0.4 is 0 Å². The molecule has 8 heterocycles. The third-order valence-corrected chi connectivity index (χ3v) is 13.4. The van der Waals surface area contributed by atoms with Gasteiger partial charge in [0.2, 0.25) is 0 Å². The Kier molecular flexibility index (Phi) is 7.92. The fourth-order valence-electron chi connectivity index (χ4n) is 11.0. The number of aromatic amines is 1. The van der Waals surface area contributed by atoms with Crippen LogP contribution in [0.15, 0.2) is 85.3 Å². The Bertz CT molecular complexity index is 2330. The number of nitrogens with zero attached hydrogens (tertiary/aromatic N) is 5. The van der Waals surface area contributed by atoms with Crippen molar-refractivity contribution in [1.29, 1.82) is 0 Å². The normalized spacial score (nSPS) is 25.9. The number of aryl methyl sites for hydroxylation is 2. The number of nitrogens with one attached hydrogen (secondary N) is 1. The number of fused-ring (bicyclic) bond motifs is 10. The molecule has 8 heteroatoms. The molecule has 0 aliphatic carbocycles. The van der Waals surface area contributed by atoms with Crippen LogP contribution in [0.5, 0.6) is 0 Å². The van der Waals surface area contributed by atoms with Gasteiger partial charge in [0, 0.05) is 120 Å². The summed E-state index contributed by atoms with van der Waals surface area (Å²) >= 11 is 0. The highest BCUT2D eigenvalue weighted by Crippen LogP contribution is 2.52. The van der Waals surface area contributed by atoms with E-state index in [1.807, 2.05) is 31.3 Å². The monoisotopic (exact) mass is 706 g/mol. The maximum absolute atomic E-state index is 12.0. The predicted octanol–water partition coefficient (Wildman–Crippen LogP) is 8.04. The highest BCUT2D eigenvalue weighted by atomic mass is 16.3. The maximum Gasteiger partial charge on any atom is 0.0890 e. The third kappa shape index (κ3) is 5.48. The van der Waals surface area contributed by atoms with Crippen molar-refractivity contribution in [3.63, 3.8) is 0 Å². The molecule has 53 heavy (non-hydrogen) atoms. The molecule has 4 aliphatic rings. The van der Waals surface area contributed by atoms with Crippen molar-refractivity contribution in [2.24, 2.45) is 7.05 Å². The van der Waals surface area contributed by atoms with E-state index in [0.717, 1.165) is 54.9 Å². The zero-order chi connectivity index (χ0) is 36.0. The molecule has 0 spiro atoms. The highest BCUT2D eigenvalue weighted by Gasteiger charge is 2.45. The standard InChI is InChI=1S/C45H50N6O2/c1-27-12-13-35-34(18-27)41-39-20-29(24-51(39)26-31(43(41)48-35)22-45(2,53)32-8-6-15-46-23-32)36-19-28(14-16-47-36)40(52)21-30-25-50-17-7-11-38(50)42-33-9-4-5-10-37(33)49(3)44(30)42/h4-6,8-10,12-16,18-19,23,29-31,38-40,48,52-53H,7,11,17,20-22,24-26H2,1-3H3. The van der Waals surface area contributed by atoms with Gasteiger partial charge in [0.05, 0.1) is 11.7 Å². The van der Waals surface area contributed by atoms with E-state index >= 15 is 0 Å². The molecule has 10 rings (SSSR count). The number of hydrogen-bond donors (Lipinski definition) is 3. The summed E-state index contributed by atoms with van der Waals surface area (Å²) in [6, 6.07) is 24.4. The Morgan fingerprint density at radius 3 is 2.66 bits per heavy atom. The van der Waals surface area contributed by atoms with E-state index < -0.39 is 11.7 Å². The van der Waals surface area contributed by atoms with Crippen molar-refractivity contribution >= 4 is 21.8 Å². The topological polar surface area (TPSA) is 93.4 Å². The number of rotatable bonds is 7. The van der Waals surface area contributed by atoms with Crippen LogP contribution >= 0.6 is 0 Å². The summed E-state index contributed by atoms with van der Waals surface area (Å²) in [6.45, 7) is 7.99. The van der Waals surface area contributed by atoms with Crippen molar-refractivity contribution < 1.29 is 10.2 Å². The molecule has 0 saturated carbocycles. The van der Waals surface area contributed by atoms with Gasteiger partial charge in [-0.05, 0) is 106 Å². The van der Waals surface area contributed by atoms with Gasteiger partial charge in [0.1, 0.15) is 0 Å². The van der Waals surface area contributed by atoms with E-state index in [2.05, 4.69) is 86.8 Å². The summed E-state index contributed by atoms with van der Waals surface area (Å²) in [5.41, 5.74) is 11.1. The molecule has 0 bridgehead atoms. The average molecular weight is 707 g/mol. The van der Waals surface area contributed by atoms with Crippen LogP contribution in [0.1, 0.15) is 120 Å². The van der Waals surface area contributed by atoms with Crippen LogP contribution in [0, 0.1) is 6.92 Å². The minimum absolute atomic E-state index is 0.133. The van der Waals surface area contributed by atoms with Crippen molar-refractivity contribution in [2.45, 2.75) is 87.5 Å². The molecule has 0 radical (unpaired) electrons. The fraction of sp³-hybridized carbons (Fsp3) is 0.422. The maximum atomic E-state index is 12.0. The van der Waals surface area contributed by atoms with Gasteiger partial charge in [-0.15, -0.1) is 0 Å². The van der Waals surface area contributed by atoms with Crippen LogP contribution in [0.3, 0.4) is 0 Å². The van der Waals surface area contributed by atoms with Crippen LogP contribution in [0.4, 0.5) is 0 Å². The van der Waals surface area contributed by atoms with Crippen LogP contribution in [0.2, 0.25) is 0 Å². The molecule has 7 atom stereocenters. The molecule has 2 aromatic carbocycles. The Balaban J connectivity index is 0.937. The largest absolute Gasteiger partial charge is 0.388 e. The van der Waals surface area contributed by atoms with Crippen LogP contribution in [0.25, 0.3) is 21.8 Å². The van der Waals surface area contributed by atoms with E-state index in [0.29, 0.717) is 18.9 Å². The molecule has 272 valence electrons. The van der Waals surface area contributed by atoms with Gasteiger partial charge in [-0.3, -0.25) is 19.8 Å². The molecule has 3 N–H and O–H groups in total. The molecule has 4 aliphatic heterocycles. The summed E-state index contributed by atoms with van der Waals surface area (Å²) in [6.07, 6.45) is 9.62. The average Bonchev–Trinajstić information content (AvgIpc) is 3.96. The second-order valence-corrected chi connectivity index (χ2v) is 16.8. The first-order chi connectivity index (χ1) is 25.7. The van der Waals surface area contributed by atoms with Crippen LogP contribution in [-0.2, 0) is 12.6 Å². The first kappa shape index (κ1) is 33.2. The summed E-state index contributed by atoms with van der Waals surface area (Å²) in [5.74, 6) is 0.638. The number of aliphatic hydroxyl groups excluding tert-OH is 1. The van der Waals surface area contributed by atoms with E-state index in [1.165, 1.54) is 57.2 Å². The van der Waals surface area contributed by atoms with Crippen molar-refractivity contribution in [3.8, 4) is 0 Å². The molecule has 2 fully saturated rings. The summed E-state index contributed by atoms with van der Waals surface area (Å²) < 4.78 is 2.41. The number of pyridine rings is 2. The number of aliphatic hydroxyl groups is 2. The van der Waals surface area contributed by atoms with E-state index in [4.69, 9.17) is 4.98 Å². The number of benzene rings is 2. The molecule has 4 aromatic heterocycles. The number of para-hydroxylation sites is 1. The highest BCUT2D eigenvalue weighted by molar-refractivity contribution is 5.87. The van der Waals surface area contributed by atoms with Crippen LogP contribution in [-0.4, -0.2) is 65.7 Å². The molecule has 0 amide bonds. The minimum Gasteiger partial charge on any atom is -0.388 e. The molecular formula is C45H50N6O2. The first-order valence-corrected chi connectivity index (χ1v) is 19.7. The quantitative estimate of drug-likeness (QED) is 0.156. The lowest BCUT2D eigenvalue weighted by atomic mass is 9.80. The van der Waals surface area contributed by atoms with Gasteiger partial charge in [0.15, 0.2) is 0 Å². The lowest BCUT2D eigenvalue weighted by molar-refractivity contribution is 0.0314. The zero-order valence-electron chi connectivity index (χ0n) is 31.0. The lowest BCUT2D eigenvalue weighted by Gasteiger charge is -2.38. The Morgan fingerprint density at radius 1 is 0.925 bits per heavy atom. The summed E-state index contributed by atoms with van der Waals surface area (Å²) in [7, 11) is 2.22. The van der Waals surface area contributed by atoms with Gasteiger partial charge < -0.3 is 19.8 Å². The lowest BCUT2D eigenvalue weighted by Crippen LogP contribution is -2.37. The zero-order valence-corrected chi connectivity index (χ0v) is 31.0. The smallest absolute Gasteiger partial charge is 0.0890 e. The number of hydrogen-bond acceptors (Lipinski definition) is 6. The van der Waals surface area contributed by atoms with Gasteiger partial charge in [0.25, 0.3) is 0 Å². The first-order valence-electron chi connectivity index (χ1n) is 19.7. The summed E-state index contributed by atoms with van der Waals surface area (Å²) in [5, 5.41) is 26.4. The predicted molar refractivity (Wildman–Crippen MR) is 209 cm³/mol. The van der Waals surface area contributed by atoms with E-state index in [1.54, 1.807) is 12.4 Å². The van der Waals surface area contributed by atoms with E-state index in [-0.39, 0.29) is 23.8 Å². The van der Waals surface area contributed by atoms with Gasteiger partial charge in [-0.25, -0.2) is 0 Å². The SMILES string of the molecule is Cc1ccc2[nH]c3c(c2c1)C1CC(c2cc(C(O)CC4CN5CCCC5c5c4n(C)c4ccccc54)ccn2)CN1CC3CC(C)(O)c1cccnc1. The Labute approximate surface area is 311 Å². The Morgan fingerprint density at radius 2 is 1.79 bits per heavy atom. The van der Waals surface area contributed by atoms with Gasteiger partial charge in [-0.1, -0.05) is 35.9 Å². The Hall–Kier alpha value is -4.34. The third-order valence-electron chi connectivity index (χ3n) is 13.4. The van der Waals surface area contributed by atoms with Gasteiger partial charge in [-0.2, -0.15) is 0 Å². The molecule has 2 saturated heterocycles. The number of H-pyrrole nitrogens is 1. The fourth-order valence-corrected chi connectivity index (χ4v) is 11.0.